The molecule has 1 aliphatic rings. The minimum Gasteiger partial charge on any atom is -0.382 e. The first kappa shape index (κ1) is 13.5. The van der Waals surface area contributed by atoms with Crippen LogP contribution in [0.25, 0.3) is 6.08 Å². The first-order valence-electron chi connectivity index (χ1n) is 6.10. The molecule has 6 heteroatoms. The number of amides is 1. The second-order valence-electron chi connectivity index (χ2n) is 4.76. The summed E-state index contributed by atoms with van der Waals surface area (Å²) in [5.41, 5.74) is 6.02. The zero-order valence-corrected chi connectivity index (χ0v) is 11.2. The van der Waals surface area contributed by atoms with E-state index in [0.717, 1.165) is 18.4 Å². The Morgan fingerprint density at radius 3 is 2.68 bits per heavy atom. The zero-order valence-electron chi connectivity index (χ0n) is 11.2. The molecule has 1 aliphatic carbocycles. The summed E-state index contributed by atoms with van der Waals surface area (Å²) in [6.07, 6.45) is 8.33. The average molecular weight is 262 g/mol. The van der Waals surface area contributed by atoms with Crippen LogP contribution in [0.5, 0.6) is 0 Å². The Morgan fingerprint density at radius 1 is 1.53 bits per heavy atom. The van der Waals surface area contributed by atoms with E-state index in [1.54, 1.807) is 37.5 Å². The Kier molecular flexibility index (Phi) is 3.80. The van der Waals surface area contributed by atoms with Gasteiger partial charge in [0.05, 0.1) is 12.1 Å². The number of likely N-dealkylation sites (N-methyl/N-ethyl adjacent to an activating group) is 1. The van der Waals surface area contributed by atoms with Crippen molar-refractivity contribution in [3.63, 3.8) is 0 Å². The lowest BCUT2D eigenvalue weighted by Crippen LogP contribution is -2.41. The van der Waals surface area contributed by atoms with Crippen molar-refractivity contribution in [1.82, 2.24) is 14.9 Å². The van der Waals surface area contributed by atoms with Crippen LogP contribution in [0.1, 0.15) is 18.4 Å². The van der Waals surface area contributed by atoms with E-state index in [0.29, 0.717) is 6.61 Å². The number of nitrogens with zero attached hydrogens (tertiary/aromatic N) is 3. The van der Waals surface area contributed by atoms with Gasteiger partial charge in [0.15, 0.2) is 0 Å². The molecule has 0 atom stereocenters. The fourth-order valence-corrected chi connectivity index (χ4v) is 1.94. The van der Waals surface area contributed by atoms with Gasteiger partial charge in [-0.25, -0.2) is 9.97 Å². The standard InChI is InChI=1S/C13H18N4O2/c1-17(13(5-6-13)9-19-2)11(18)4-3-10-7-15-12(14)16-8-10/h3-4,7-8H,5-6,9H2,1-2H3,(H2,14,15,16)/b4-3+. The topological polar surface area (TPSA) is 81.3 Å². The van der Waals surface area contributed by atoms with Gasteiger partial charge in [-0.15, -0.1) is 0 Å². The average Bonchev–Trinajstić information content (AvgIpc) is 3.18. The monoisotopic (exact) mass is 262 g/mol. The molecule has 1 amide bonds. The summed E-state index contributed by atoms with van der Waals surface area (Å²) in [6.45, 7) is 0.577. The summed E-state index contributed by atoms with van der Waals surface area (Å²) in [5.74, 6) is 0.170. The molecule has 0 spiro atoms. The quantitative estimate of drug-likeness (QED) is 0.790. The number of carbonyl (C=O) groups is 1. The highest BCUT2D eigenvalue weighted by Gasteiger charge is 2.48. The summed E-state index contributed by atoms with van der Waals surface area (Å²) in [6, 6.07) is 0. The van der Waals surface area contributed by atoms with Crippen molar-refractivity contribution < 1.29 is 9.53 Å². The fourth-order valence-electron chi connectivity index (χ4n) is 1.94. The van der Waals surface area contributed by atoms with Gasteiger partial charge in [-0.3, -0.25) is 4.79 Å². The molecule has 102 valence electrons. The third kappa shape index (κ3) is 3.08. The predicted octanol–water partition coefficient (Wildman–Crippen LogP) is 0.709. The number of methoxy groups -OCH3 is 1. The molecule has 0 aliphatic heterocycles. The lowest BCUT2D eigenvalue weighted by molar-refractivity contribution is -0.128. The van der Waals surface area contributed by atoms with Gasteiger partial charge in [0.25, 0.3) is 0 Å². The fraction of sp³-hybridized carbons (Fsp3) is 0.462. The second kappa shape index (κ2) is 5.36. The summed E-state index contributed by atoms with van der Waals surface area (Å²) in [7, 11) is 3.46. The molecule has 1 aromatic rings. The van der Waals surface area contributed by atoms with Crippen LogP contribution in [-0.2, 0) is 9.53 Å². The van der Waals surface area contributed by atoms with Gasteiger partial charge in [-0.2, -0.15) is 0 Å². The minimum absolute atomic E-state index is 0.0497. The Balaban J connectivity index is 1.99. The Hall–Kier alpha value is -1.95. The van der Waals surface area contributed by atoms with Crippen molar-refractivity contribution >= 4 is 17.9 Å². The smallest absolute Gasteiger partial charge is 0.246 e. The van der Waals surface area contributed by atoms with Gasteiger partial charge in [0.1, 0.15) is 0 Å². The van der Waals surface area contributed by atoms with Gasteiger partial charge in [0, 0.05) is 38.2 Å². The predicted molar refractivity (Wildman–Crippen MR) is 72.1 cm³/mol. The molecule has 0 aromatic carbocycles. The largest absolute Gasteiger partial charge is 0.382 e. The Labute approximate surface area is 112 Å². The molecule has 6 nitrogen and oxygen atoms in total. The van der Waals surface area contributed by atoms with Crippen LogP contribution in [0.2, 0.25) is 0 Å². The Morgan fingerprint density at radius 2 is 2.16 bits per heavy atom. The molecule has 19 heavy (non-hydrogen) atoms. The van der Waals surface area contributed by atoms with Crippen molar-refractivity contribution in [3.8, 4) is 0 Å². The first-order chi connectivity index (χ1) is 9.07. The van der Waals surface area contributed by atoms with Crippen molar-refractivity contribution in [2.45, 2.75) is 18.4 Å². The van der Waals surface area contributed by atoms with Gasteiger partial charge in [-0.05, 0) is 18.9 Å². The van der Waals surface area contributed by atoms with Gasteiger partial charge in [0.2, 0.25) is 11.9 Å². The number of aromatic nitrogens is 2. The number of anilines is 1. The third-order valence-corrected chi connectivity index (χ3v) is 3.39. The van der Waals surface area contributed by atoms with Crippen LogP contribution in [-0.4, -0.2) is 47.1 Å². The summed E-state index contributed by atoms with van der Waals surface area (Å²) >= 11 is 0. The third-order valence-electron chi connectivity index (χ3n) is 3.39. The minimum atomic E-state index is -0.117. The van der Waals surface area contributed by atoms with E-state index in [-0.39, 0.29) is 17.4 Å². The van der Waals surface area contributed by atoms with E-state index in [2.05, 4.69) is 9.97 Å². The number of hydrogen-bond donors (Lipinski definition) is 1. The molecular formula is C13H18N4O2. The molecular weight excluding hydrogens is 244 g/mol. The van der Waals surface area contributed by atoms with Crippen molar-refractivity contribution in [3.05, 3.63) is 24.0 Å². The highest BCUT2D eigenvalue weighted by atomic mass is 16.5. The van der Waals surface area contributed by atoms with Crippen molar-refractivity contribution in [2.75, 3.05) is 26.5 Å². The summed E-state index contributed by atoms with van der Waals surface area (Å²) < 4.78 is 5.16. The molecule has 0 bridgehead atoms. The number of hydrogen-bond acceptors (Lipinski definition) is 5. The van der Waals surface area contributed by atoms with E-state index in [1.807, 2.05) is 0 Å². The zero-order chi connectivity index (χ0) is 13.9. The SMILES string of the molecule is COCC1(N(C)C(=O)/C=C/c2cnc(N)nc2)CC1. The lowest BCUT2D eigenvalue weighted by Gasteiger charge is -2.26. The molecule has 0 radical (unpaired) electrons. The van der Waals surface area contributed by atoms with Crippen LogP contribution >= 0.6 is 0 Å². The van der Waals surface area contributed by atoms with Crippen LogP contribution in [0.15, 0.2) is 18.5 Å². The van der Waals surface area contributed by atoms with Gasteiger partial charge < -0.3 is 15.4 Å². The lowest BCUT2D eigenvalue weighted by atomic mass is 10.2. The van der Waals surface area contributed by atoms with Gasteiger partial charge in [-0.1, -0.05) is 0 Å². The highest BCUT2D eigenvalue weighted by molar-refractivity contribution is 5.92. The van der Waals surface area contributed by atoms with E-state index >= 15 is 0 Å². The van der Waals surface area contributed by atoms with Crippen LogP contribution in [0.4, 0.5) is 5.95 Å². The number of nitrogens with two attached hydrogens (primary N) is 1. The van der Waals surface area contributed by atoms with Crippen LogP contribution in [0, 0.1) is 0 Å². The molecule has 0 saturated heterocycles. The number of carbonyl (C=O) groups excluding carboxylic acids is 1. The summed E-state index contributed by atoms with van der Waals surface area (Å²) in [4.78, 5) is 21.5. The summed E-state index contributed by atoms with van der Waals surface area (Å²) in [5, 5.41) is 0. The molecule has 1 aromatic heterocycles. The maximum atomic E-state index is 12.1. The highest BCUT2D eigenvalue weighted by Crippen LogP contribution is 2.41. The van der Waals surface area contributed by atoms with Crippen LogP contribution < -0.4 is 5.73 Å². The maximum Gasteiger partial charge on any atom is 0.246 e. The Bertz CT molecular complexity index is 480. The maximum absolute atomic E-state index is 12.1. The van der Waals surface area contributed by atoms with Crippen LogP contribution in [0.3, 0.4) is 0 Å². The molecule has 1 saturated carbocycles. The number of nitrogen functional groups attached to an aromatic ring is 1. The second-order valence-corrected chi connectivity index (χ2v) is 4.76. The van der Waals surface area contributed by atoms with E-state index in [1.165, 1.54) is 6.08 Å². The number of rotatable bonds is 5. The molecule has 2 N–H and O–H groups in total. The first-order valence-corrected chi connectivity index (χ1v) is 6.10. The normalized spacial score (nSPS) is 16.5. The molecule has 0 unspecified atom stereocenters. The molecule has 1 fully saturated rings. The van der Waals surface area contributed by atoms with Gasteiger partial charge >= 0.3 is 0 Å². The van der Waals surface area contributed by atoms with Crippen molar-refractivity contribution in [2.24, 2.45) is 0 Å². The van der Waals surface area contributed by atoms with E-state index in [4.69, 9.17) is 10.5 Å². The van der Waals surface area contributed by atoms with Crippen molar-refractivity contribution in [1.29, 1.82) is 0 Å². The van der Waals surface area contributed by atoms with E-state index in [9.17, 15) is 4.79 Å². The molecule has 1 heterocycles. The number of ether oxygens (including phenoxy) is 1. The van der Waals surface area contributed by atoms with E-state index < -0.39 is 0 Å². The molecule has 2 rings (SSSR count).